The maximum atomic E-state index is 5.41. The molecule has 0 fully saturated rings. The van der Waals surface area contributed by atoms with Crippen molar-refractivity contribution in [2.24, 2.45) is 0 Å². The standard InChI is InChI=1S/C17H21NO/c1-4-16(18-2)14-11-9-13(10-12-14)15-7-5-6-8-17(15)19-3/h5-12,16,18H,4H2,1-3H3. The SMILES string of the molecule is CCC(NC)c1ccc(-c2ccccc2OC)cc1. The predicted octanol–water partition coefficient (Wildman–Crippen LogP) is 4.03. The molecular weight excluding hydrogens is 234 g/mol. The highest BCUT2D eigenvalue weighted by molar-refractivity contribution is 5.70. The molecule has 1 atom stereocenters. The Morgan fingerprint density at radius 2 is 1.74 bits per heavy atom. The van der Waals surface area contributed by atoms with Crippen molar-refractivity contribution >= 4 is 0 Å². The molecule has 19 heavy (non-hydrogen) atoms. The van der Waals surface area contributed by atoms with Gasteiger partial charge in [0, 0.05) is 11.6 Å². The first kappa shape index (κ1) is 13.6. The molecule has 0 amide bonds. The zero-order chi connectivity index (χ0) is 13.7. The van der Waals surface area contributed by atoms with E-state index in [1.807, 2.05) is 25.2 Å². The first-order valence-electron chi connectivity index (χ1n) is 6.70. The summed E-state index contributed by atoms with van der Waals surface area (Å²) in [6, 6.07) is 17.2. The van der Waals surface area contributed by atoms with E-state index in [1.54, 1.807) is 7.11 Å². The molecule has 0 aliphatic carbocycles. The fraction of sp³-hybridized carbons (Fsp3) is 0.294. The number of rotatable bonds is 5. The molecule has 0 radical (unpaired) electrons. The Balaban J connectivity index is 2.32. The third-order valence-electron chi connectivity index (χ3n) is 3.49. The van der Waals surface area contributed by atoms with Gasteiger partial charge in [-0.3, -0.25) is 0 Å². The minimum atomic E-state index is 0.423. The van der Waals surface area contributed by atoms with E-state index in [-0.39, 0.29) is 0 Å². The lowest BCUT2D eigenvalue weighted by Gasteiger charge is -2.15. The summed E-state index contributed by atoms with van der Waals surface area (Å²) >= 11 is 0. The van der Waals surface area contributed by atoms with Crippen LogP contribution < -0.4 is 10.1 Å². The lowest BCUT2D eigenvalue weighted by molar-refractivity contribution is 0.416. The molecule has 0 bridgehead atoms. The topological polar surface area (TPSA) is 21.3 Å². The second-order valence-electron chi connectivity index (χ2n) is 4.57. The van der Waals surface area contributed by atoms with E-state index in [0.717, 1.165) is 17.7 Å². The van der Waals surface area contributed by atoms with Crippen molar-refractivity contribution in [1.82, 2.24) is 5.32 Å². The third-order valence-corrected chi connectivity index (χ3v) is 3.49. The van der Waals surface area contributed by atoms with Gasteiger partial charge >= 0.3 is 0 Å². The first-order valence-corrected chi connectivity index (χ1v) is 6.70. The first-order chi connectivity index (χ1) is 9.30. The van der Waals surface area contributed by atoms with Crippen LogP contribution in [0.2, 0.25) is 0 Å². The molecule has 2 aromatic carbocycles. The molecular formula is C17H21NO. The Bertz CT molecular complexity index is 515. The Kier molecular flexibility index (Phi) is 4.58. The summed E-state index contributed by atoms with van der Waals surface area (Å²) in [5, 5.41) is 3.33. The fourth-order valence-corrected chi connectivity index (χ4v) is 2.38. The van der Waals surface area contributed by atoms with E-state index in [2.05, 4.69) is 42.6 Å². The van der Waals surface area contributed by atoms with Crippen LogP contribution in [0.15, 0.2) is 48.5 Å². The Hall–Kier alpha value is -1.80. The number of benzene rings is 2. The van der Waals surface area contributed by atoms with Crippen LogP contribution >= 0.6 is 0 Å². The predicted molar refractivity (Wildman–Crippen MR) is 80.5 cm³/mol. The second-order valence-corrected chi connectivity index (χ2v) is 4.57. The van der Waals surface area contributed by atoms with Gasteiger partial charge in [0.2, 0.25) is 0 Å². The van der Waals surface area contributed by atoms with Crippen molar-refractivity contribution in [3.8, 4) is 16.9 Å². The van der Waals surface area contributed by atoms with Crippen molar-refractivity contribution in [3.05, 3.63) is 54.1 Å². The maximum Gasteiger partial charge on any atom is 0.126 e. The zero-order valence-electron chi connectivity index (χ0n) is 11.8. The van der Waals surface area contributed by atoms with Gasteiger partial charge in [0.25, 0.3) is 0 Å². The molecule has 0 aliphatic rings. The average molecular weight is 255 g/mol. The van der Waals surface area contributed by atoms with Gasteiger partial charge in [-0.2, -0.15) is 0 Å². The third kappa shape index (κ3) is 2.96. The van der Waals surface area contributed by atoms with Gasteiger partial charge in [-0.15, -0.1) is 0 Å². The van der Waals surface area contributed by atoms with Crippen LogP contribution in [0.4, 0.5) is 0 Å². The summed E-state index contributed by atoms with van der Waals surface area (Å²) in [7, 11) is 3.71. The van der Waals surface area contributed by atoms with Crippen LogP contribution in [-0.2, 0) is 0 Å². The summed E-state index contributed by atoms with van der Waals surface area (Å²) in [6.07, 6.45) is 1.09. The van der Waals surface area contributed by atoms with E-state index in [1.165, 1.54) is 11.1 Å². The lowest BCUT2D eigenvalue weighted by atomic mass is 9.99. The van der Waals surface area contributed by atoms with Crippen LogP contribution in [0.3, 0.4) is 0 Å². The smallest absolute Gasteiger partial charge is 0.126 e. The van der Waals surface area contributed by atoms with Gasteiger partial charge in [0.1, 0.15) is 5.75 Å². The molecule has 1 N–H and O–H groups in total. The number of methoxy groups -OCH3 is 1. The summed E-state index contributed by atoms with van der Waals surface area (Å²) in [4.78, 5) is 0. The van der Waals surface area contributed by atoms with E-state index >= 15 is 0 Å². The second kappa shape index (κ2) is 6.39. The number of nitrogens with one attached hydrogen (secondary N) is 1. The lowest BCUT2D eigenvalue weighted by Crippen LogP contribution is -2.14. The van der Waals surface area contributed by atoms with Crippen LogP contribution in [0.5, 0.6) is 5.75 Å². The van der Waals surface area contributed by atoms with Crippen molar-refractivity contribution in [1.29, 1.82) is 0 Å². The summed E-state index contributed by atoms with van der Waals surface area (Å²) < 4.78 is 5.41. The molecule has 0 saturated carbocycles. The normalized spacial score (nSPS) is 12.2. The quantitative estimate of drug-likeness (QED) is 0.871. The Morgan fingerprint density at radius 1 is 1.05 bits per heavy atom. The largest absolute Gasteiger partial charge is 0.496 e. The van der Waals surface area contributed by atoms with Crippen LogP contribution in [0.1, 0.15) is 24.9 Å². The molecule has 0 saturated heterocycles. The Morgan fingerprint density at radius 3 is 2.32 bits per heavy atom. The van der Waals surface area contributed by atoms with Crippen molar-refractivity contribution in [2.75, 3.05) is 14.2 Å². The fourth-order valence-electron chi connectivity index (χ4n) is 2.38. The van der Waals surface area contributed by atoms with Gasteiger partial charge in [-0.25, -0.2) is 0 Å². The molecule has 2 nitrogen and oxygen atoms in total. The van der Waals surface area contributed by atoms with Crippen LogP contribution in [0, 0.1) is 0 Å². The number of hydrogen-bond donors (Lipinski definition) is 1. The van der Waals surface area contributed by atoms with Crippen molar-refractivity contribution in [3.63, 3.8) is 0 Å². The molecule has 0 spiro atoms. The van der Waals surface area contributed by atoms with Gasteiger partial charge < -0.3 is 10.1 Å². The molecule has 0 heterocycles. The number of hydrogen-bond acceptors (Lipinski definition) is 2. The van der Waals surface area contributed by atoms with Crippen LogP contribution in [0.25, 0.3) is 11.1 Å². The van der Waals surface area contributed by atoms with E-state index < -0.39 is 0 Å². The molecule has 1 unspecified atom stereocenters. The number of para-hydroxylation sites is 1. The van der Waals surface area contributed by atoms with Gasteiger partial charge in [-0.05, 0) is 30.7 Å². The summed E-state index contributed by atoms with van der Waals surface area (Å²) in [6.45, 7) is 2.19. The minimum absolute atomic E-state index is 0.423. The van der Waals surface area contributed by atoms with Gasteiger partial charge in [0.05, 0.1) is 7.11 Å². The molecule has 0 aliphatic heterocycles. The molecule has 0 aromatic heterocycles. The highest BCUT2D eigenvalue weighted by Crippen LogP contribution is 2.30. The summed E-state index contributed by atoms with van der Waals surface area (Å²) in [5.74, 6) is 0.913. The molecule has 100 valence electrons. The van der Waals surface area contributed by atoms with Crippen molar-refractivity contribution in [2.45, 2.75) is 19.4 Å². The van der Waals surface area contributed by atoms with E-state index in [0.29, 0.717) is 6.04 Å². The van der Waals surface area contributed by atoms with Gasteiger partial charge in [-0.1, -0.05) is 49.4 Å². The maximum absolute atomic E-state index is 5.41. The van der Waals surface area contributed by atoms with E-state index in [9.17, 15) is 0 Å². The van der Waals surface area contributed by atoms with Crippen LogP contribution in [-0.4, -0.2) is 14.2 Å². The van der Waals surface area contributed by atoms with Gasteiger partial charge in [0.15, 0.2) is 0 Å². The zero-order valence-corrected chi connectivity index (χ0v) is 11.8. The monoisotopic (exact) mass is 255 g/mol. The minimum Gasteiger partial charge on any atom is -0.496 e. The molecule has 2 rings (SSSR count). The molecule has 2 aromatic rings. The molecule has 2 heteroatoms. The number of ether oxygens (including phenoxy) is 1. The highest BCUT2D eigenvalue weighted by Gasteiger charge is 2.08. The van der Waals surface area contributed by atoms with E-state index in [4.69, 9.17) is 4.74 Å². The van der Waals surface area contributed by atoms with Crippen molar-refractivity contribution < 1.29 is 4.74 Å². The average Bonchev–Trinajstić information content (AvgIpc) is 2.49. The highest BCUT2D eigenvalue weighted by atomic mass is 16.5. The summed E-state index contributed by atoms with van der Waals surface area (Å²) in [5.41, 5.74) is 3.64. The Labute approximate surface area is 115 Å².